The van der Waals surface area contributed by atoms with E-state index in [1.165, 1.54) is 244 Å². The van der Waals surface area contributed by atoms with E-state index in [2.05, 4.69) is 98.9 Å². The minimum Gasteiger partial charge on any atom is -0.545 e. The van der Waals surface area contributed by atoms with Gasteiger partial charge in [-0.1, -0.05) is 369 Å². The molecular formula is C83H149NO8. The summed E-state index contributed by atoms with van der Waals surface area (Å²) in [5.41, 5.74) is 0. The van der Waals surface area contributed by atoms with Crippen LogP contribution in [0.25, 0.3) is 0 Å². The van der Waals surface area contributed by atoms with Crippen molar-refractivity contribution in [3.05, 3.63) is 85.1 Å². The quantitative estimate of drug-likeness (QED) is 0.0195. The van der Waals surface area contributed by atoms with Crippen molar-refractivity contribution in [2.75, 3.05) is 47.5 Å². The van der Waals surface area contributed by atoms with Crippen LogP contribution in [0.1, 0.15) is 367 Å². The number of quaternary nitrogens is 1. The summed E-state index contributed by atoms with van der Waals surface area (Å²) in [7, 11) is 5.94. The predicted molar refractivity (Wildman–Crippen MR) is 394 cm³/mol. The first kappa shape index (κ1) is 88.5. The highest BCUT2D eigenvalue weighted by atomic mass is 16.7. The second-order valence-electron chi connectivity index (χ2n) is 27.6. The Morgan fingerprint density at radius 3 is 0.924 bits per heavy atom. The molecule has 0 fully saturated rings. The van der Waals surface area contributed by atoms with Gasteiger partial charge in [-0.3, -0.25) is 9.59 Å². The van der Waals surface area contributed by atoms with Crippen LogP contribution in [0.2, 0.25) is 0 Å². The number of carboxylic acids is 1. The molecule has 0 rings (SSSR count). The van der Waals surface area contributed by atoms with Gasteiger partial charge in [-0.25, -0.2) is 0 Å². The van der Waals surface area contributed by atoms with Gasteiger partial charge in [-0.15, -0.1) is 0 Å². The zero-order valence-corrected chi connectivity index (χ0v) is 61.2. The van der Waals surface area contributed by atoms with Crippen LogP contribution in [-0.2, 0) is 33.3 Å². The maximum absolute atomic E-state index is 13.0. The summed E-state index contributed by atoms with van der Waals surface area (Å²) < 4.78 is 22.9. The van der Waals surface area contributed by atoms with Gasteiger partial charge in [0.25, 0.3) is 0 Å². The summed E-state index contributed by atoms with van der Waals surface area (Å²) in [6, 6.07) is 0. The number of unbranched alkanes of at least 4 members (excludes halogenated alkanes) is 44. The van der Waals surface area contributed by atoms with Gasteiger partial charge in [0.15, 0.2) is 12.4 Å². The fourth-order valence-corrected chi connectivity index (χ4v) is 11.5. The Balaban J connectivity index is 4.04. The second-order valence-corrected chi connectivity index (χ2v) is 27.6. The summed E-state index contributed by atoms with van der Waals surface area (Å²) in [6.45, 7) is 4.68. The first-order valence-electron chi connectivity index (χ1n) is 39.2. The lowest BCUT2D eigenvalue weighted by Crippen LogP contribution is -2.44. The minimum absolute atomic E-state index is 0.146. The average molecular weight is 1290 g/mol. The van der Waals surface area contributed by atoms with E-state index in [4.69, 9.17) is 18.9 Å². The fraction of sp³-hybridized carbons (Fsp3) is 0.795. The molecule has 0 aromatic heterocycles. The number of carbonyl (C=O) groups excluding carboxylic acids is 3. The minimum atomic E-state index is -1.63. The van der Waals surface area contributed by atoms with E-state index in [9.17, 15) is 19.5 Å². The third-order valence-electron chi connectivity index (χ3n) is 17.4. The van der Waals surface area contributed by atoms with Gasteiger partial charge < -0.3 is 33.3 Å². The van der Waals surface area contributed by atoms with E-state index in [0.717, 1.165) is 89.9 Å². The molecule has 534 valence electrons. The predicted octanol–water partition coefficient (Wildman–Crippen LogP) is 23.6. The van der Waals surface area contributed by atoms with Gasteiger partial charge >= 0.3 is 11.9 Å². The lowest BCUT2D eigenvalue weighted by molar-refractivity contribution is -0.870. The number of hydrogen-bond donors (Lipinski definition) is 0. The van der Waals surface area contributed by atoms with Crippen LogP contribution in [0.5, 0.6) is 0 Å². The van der Waals surface area contributed by atoms with Crippen LogP contribution >= 0.6 is 0 Å². The van der Waals surface area contributed by atoms with Crippen LogP contribution in [0.4, 0.5) is 0 Å². The lowest BCUT2D eigenvalue weighted by atomic mass is 10.0. The number of likely N-dealkylation sites (N-methyl/N-ethyl adjacent to an activating group) is 1. The molecule has 9 heteroatoms. The third kappa shape index (κ3) is 73.9. The summed E-state index contributed by atoms with van der Waals surface area (Å²) in [5, 5.41) is 11.9. The normalized spacial score (nSPS) is 13.1. The topological polar surface area (TPSA) is 111 Å². The van der Waals surface area contributed by atoms with E-state index in [0.29, 0.717) is 23.9 Å². The van der Waals surface area contributed by atoms with Crippen LogP contribution in [0, 0.1) is 0 Å². The number of carboxylic acid groups (broad SMARTS) is 1. The molecular weight excluding hydrogens is 1140 g/mol. The summed E-state index contributed by atoms with van der Waals surface area (Å²) in [5.74, 6) is -2.27. The Bertz CT molecular complexity index is 1790. The van der Waals surface area contributed by atoms with Crippen molar-refractivity contribution >= 4 is 17.9 Å². The van der Waals surface area contributed by atoms with Crippen LogP contribution < -0.4 is 5.11 Å². The van der Waals surface area contributed by atoms with Crippen LogP contribution in [-0.4, -0.2) is 82.3 Å². The number of ether oxygens (including phenoxy) is 4. The molecule has 0 radical (unpaired) electrons. The third-order valence-corrected chi connectivity index (χ3v) is 17.4. The summed E-state index contributed by atoms with van der Waals surface area (Å²) >= 11 is 0. The van der Waals surface area contributed by atoms with Crippen LogP contribution in [0.3, 0.4) is 0 Å². The van der Waals surface area contributed by atoms with Crippen molar-refractivity contribution in [3.63, 3.8) is 0 Å². The number of hydrogen-bond acceptors (Lipinski definition) is 8. The smallest absolute Gasteiger partial charge is 0.306 e. The van der Waals surface area contributed by atoms with E-state index in [1.54, 1.807) is 0 Å². The number of carbonyl (C=O) groups is 3. The highest BCUT2D eigenvalue weighted by Crippen LogP contribution is 2.19. The Morgan fingerprint density at radius 1 is 0.337 bits per heavy atom. The largest absolute Gasteiger partial charge is 0.545 e. The SMILES string of the molecule is CC/C=C\C/C=C\C/C=C\C/C=C\C/C=C\C/C=C\C/C=C\CCCCCCCCCCCCCC(=O)OC(COC(=O)CCCCCCCCCCCCCCCCCCCCCCCCCCCCCCCCCCCC)COC(OCC[N+](C)(C)C)C(=O)[O-]. The Morgan fingerprint density at radius 2 is 0.620 bits per heavy atom. The molecule has 2 unspecified atom stereocenters. The summed E-state index contributed by atoms with van der Waals surface area (Å²) in [6.07, 6.45) is 97.0. The molecule has 0 heterocycles. The lowest BCUT2D eigenvalue weighted by Gasteiger charge is -2.26. The van der Waals surface area contributed by atoms with Gasteiger partial charge in [-0.2, -0.15) is 0 Å². The standard InChI is InChI=1S/C83H149NO8/c1-6-8-10-12-14-16-18-20-22-24-26-28-30-32-34-36-38-40-42-43-45-47-49-51-53-55-57-59-61-63-65-67-69-71-73-80(85)90-77-79(78-91-83(82(87)88)89-76-75-84(3,4)5)92-81(86)74-72-70-68-66-64-62-60-58-56-54-52-50-48-46-44-41-39-37-35-33-31-29-27-25-23-21-19-17-15-13-11-9-7-2/h9,11,15,17,21,23,27,29,33,35,39,41,46,48,79,83H,6-8,10,12-14,16,18-20,22,24-26,28,30-32,34,36-38,40,42-45,47,49-78H2,1-5H3/b11-9-,17-15-,23-21-,29-27-,35-33-,41-39-,48-46-. The van der Waals surface area contributed by atoms with Gasteiger partial charge in [0.2, 0.25) is 0 Å². The van der Waals surface area contributed by atoms with Crippen molar-refractivity contribution in [2.24, 2.45) is 0 Å². The average Bonchev–Trinajstić information content (AvgIpc) is 3.69. The van der Waals surface area contributed by atoms with Gasteiger partial charge in [0, 0.05) is 12.8 Å². The summed E-state index contributed by atoms with van der Waals surface area (Å²) in [4.78, 5) is 37.6. The molecule has 0 aromatic rings. The first-order valence-corrected chi connectivity index (χ1v) is 39.2. The molecule has 0 aromatic carbocycles. The molecule has 2 atom stereocenters. The van der Waals surface area contributed by atoms with Crippen LogP contribution in [0.15, 0.2) is 85.1 Å². The number of nitrogens with zero attached hydrogens (tertiary/aromatic N) is 1. The molecule has 0 spiro atoms. The zero-order chi connectivity index (χ0) is 66.8. The molecule has 0 aliphatic rings. The Hall–Kier alpha value is -3.53. The second kappa shape index (κ2) is 73.3. The van der Waals surface area contributed by atoms with Crippen molar-refractivity contribution in [3.8, 4) is 0 Å². The molecule has 9 nitrogen and oxygen atoms in total. The fourth-order valence-electron chi connectivity index (χ4n) is 11.5. The molecule has 0 bridgehead atoms. The van der Waals surface area contributed by atoms with Crippen molar-refractivity contribution < 1.29 is 42.9 Å². The number of allylic oxidation sites excluding steroid dienone is 14. The Kier molecular flexibility index (Phi) is 70.5. The van der Waals surface area contributed by atoms with Gasteiger partial charge in [0.1, 0.15) is 13.2 Å². The number of aliphatic carboxylic acids is 1. The maximum Gasteiger partial charge on any atom is 0.306 e. The molecule has 0 amide bonds. The van der Waals surface area contributed by atoms with E-state index in [1.807, 2.05) is 21.1 Å². The molecule has 0 N–H and O–H groups in total. The van der Waals surface area contributed by atoms with E-state index in [-0.39, 0.29) is 32.2 Å². The van der Waals surface area contributed by atoms with Gasteiger partial charge in [0.05, 0.1) is 40.3 Å². The monoisotopic (exact) mass is 1290 g/mol. The van der Waals surface area contributed by atoms with Crippen molar-refractivity contribution in [1.29, 1.82) is 0 Å². The Labute approximate surface area is 570 Å². The maximum atomic E-state index is 13.0. The molecule has 0 saturated carbocycles. The van der Waals surface area contributed by atoms with E-state index < -0.39 is 24.3 Å². The molecule has 92 heavy (non-hydrogen) atoms. The van der Waals surface area contributed by atoms with Crippen molar-refractivity contribution in [2.45, 2.75) is 379 Å². The van der Waals surface area contributed by atoms with E-state index >= 15 is 0 Å². The van der Waals surface area contributed by atoms with Gasteiger partial charge in [-0.05, 0) is 70.6 Å². The molecule has 0 aliphatic carbocycles. The van der Waals surface area contributed by atoms with Crippen molar-refractivity contribution in [1.82, 2.24) is 0 Å². The molecule has 0 aliphatic heterocycles. The first-order chi connectivity index (χ1) is 45.1. The number of rotatable bonds is 73. The highest BCUT2D eigenvalue weighted by molar-refractivity contribution is 5.70. The highest BCUT2D eigenvalue weighted by Gasteiger charge is 2.22. The zero-order valence-electron chi connectivity index (χ0n) is 61.2. The number of esters is 2. The molecule has 0 saturated heterocycles.